The minimum absolute atomic E-state index is 0.296. The Balaban J connectivity index is 1.92. The van der Waals surface area contributed by atoms with Crippen LogP contribution in [0.25, 0.3) is 0 Å². The Morgan fingerprint density at radius 3 is 2.87 bits per heavy atom. The number of aromatic nitrogens is 2. The highest BCUT2D eigenvalue weighted by atomic mass is 16.4. The molecule has 1 fully saturated rings. The summed E-state index contributed by atoms with van der Waals surface area (Å²) in [5.74, 6) is 0.481. The molecule has 0 aromatic carbocycles. The molecule has 1 unspecified atom stereocenters. The van der Waals surface area contributed by atoms with Crippen LogP contribution in [0.2, 0.25) is 0 Å². The fraction of sp³-hybridized carbons (Fsp3) is 0.800. The summed E-state index contributed by atoms with van der Waals surface area (Å²) in [6.07, 6.45) is 3.54. The molecular weight excluding hydrogens is 192 g/mol. The van der Waals surface area contributed by atoms with Gasteiger partial charge in [0.25, 0.3) is 0 Å². The van der Waals surface area contributed by atoms with Gasteiger partial charge >= 0.3 is 6.01 Å². The van der Waals surface area contributed by atoms with Gasteiger partial charge in [0.05, 0.1) is 6.54 Å². The third-order valence-electron chi connectivity index (χ3n) is 2.94. The summed E-state index contributed by atoms with van der Waals surface area (Å²) in [7, 11) is 0. The fourth-order valence-electron chi connectivity index (χ4n) is 2.13. The molecule has 0 bridgehead atoms. The SMILES string of the molecule is CC1(C)CCC(Nc2nnc(CN)o2)C1. The molecule has 5 nitrogen and oxygen atoms in total. The molecule has 0 spiro atoms. The maximum atomic E-state index is 5.39. The van der Waals surface area contributed by atoms with Crippen molar-refractivity contribution in [2.45, 2.75) is 45.7 Å². The van der Waals surface area contributed by atoms with Crippen molar-refractivity contribution in [3.63, 3.8) is 0 Å². The van der Waals surface area contributed by atoms with Crippen molar-refractivity contribution in [3.8, 4) is 0 Å². The molecule has 1 heterocycles. The summed E-state index contributed by atoms with van der Waals surface area (Å²) >= 11 is 0. The number of rotatable bonds is 3. The summed E-state index contributed by atoms with van der Waals surface area (Å²) in [5.41, 5.74) is 5.82. The summed E-state index contributed by atoms with van der Waals surface area (Å²) in [6, 6.07) is 0.948. The average molecular weight is 210 g/mol. The molecule has 1 aromatic rings. The third-order valence-corrected chi connectivity index (χ3v) is 2.94. The first-order valence-corrected chi connectivity index (χ1v) is 5.38. The van der Waals surface area contributed by atoms with E-state index in [-0.39, 0.29) is 0 Å². The van der Waals surface area contributed by atoms with E-state index in [4.69, 9.17) is 10.2 Å². The molecule has 84 valence electrons. The Morgan fingerprint density at radius 2 is 2.33 bits per heavy atom. The van der Waals surface area contributed by atoms with E-state index in [1.54, 1.807) is 0 Å². The predicted molar refractivity (Wildman–Crippen MR) is 57.2 cm³/mol. The summed E-state index contributed by atoms with van der Waals surface area (Å²) in [6.45, 7) is 4.87. The van der Waals surface area contributed by atoms with Crippen LogP contribution in [0.15, 0.2) is 4.42 Å². The predicted octanol–water partition coefficient (Wildman–Crippen LogP) is 1.52. The lowest BCUT2D eigenvalue weighted by Crippen LogP contribution is -2.17. The van der Waals surface area contributed by atoms with Gasteiger partial charge in [-0.05, 0) is 24.7 Å². The van der Waals surface area contributed by atoms with Crippen LogP contribution in [-0.2, 0) is 6.54 Å². The highest BCUT2D eigenvalue weighted by Crippen LogP contribution is 2.38. The molecule has 1 aliphatic rings. The quantitative estimate of drug-likeness (QED) is 0.791. The summed E-state index contributed by atoms with van der Waals surface area (Å²) in [5, 5.41) is 11.0. The van der Waals surface area contributed by atoms with Crippen molar-refractivity contribution in [2.24, 2.45) is 11.1 Å². The number of hydrogen-bond donors (Lipinski definition) is 2. The van der Waals surface area contributed by atoms with Gasteiger partial charge in [-0.25, -0.2) is 0 Å². The summed E-state index contributed by atoms with van der Waals surface area (Å²) < 4.78 is 5.30. The van der Waals surface area contributed by atoms with Crippen LogP contribution < -0.4 is 11.1 Å². The Kier molecular flexibility index (Phi) is 2.65. The second-order valence-corrected chi connectivity index (χ2v) is 4.95. The molecule has 0 amide bonds. The van der Waals surface area contributed by atoms with Crippen molar-refractivity contribution in [1.29, 1.82) is 0 Å². The van der Waals surface area contributed by atoms with Gasteiger partial charge in [0.15, 0.2) is 0 Å². The number of anilines is 1. The van der Waals surface area contributed by atoms with Crippen LogP contribution in [0.3, 0.4) is 0 Å². The second kappa shape index (κ2) is 3.81. The lowest BCUT2D eigenvalue weighted by molar-refractivity contribution is 0.377. The Morgan fingerprint density at radius 1 is 1.53 bits per heavy atom. The van der Waals surface area contributed by atoms with E-state index in [0.29, 0.717) is 29.9 Å². The van der Waals surface area contributed by atoms with E-state index in [2.05, 4.69) is 29.4 Å². The lowest BCUT2D eigenvalue weighted by Gasteiger charge is -2.16. The van der Waals surface area contributed by atoms with Crippen LogP contribution >= 0.6 is 0 Å². The van der Waals surface area contributed by atoms with E-state index in [9.17, 15) is 0 Å². The zero-order valence-corrected chi connectivity index (χ0v) is 9.29. The highest BCUT2D eigenvalue weighted by Gasteiger charge is 2.31. The van der Waals surface area contributed by atoms with Gasteiger partial charge in [-0.15, -0.1) is 5.10 Å². The van der Waals surface area contributed by atoms with E-state index in [1.807, 2.05) is 0 Å². The molecule has 1 aromatic heterocycles. The average Bonchev–Trinajstić information content (AvgIpc) is 2.73. The highest BCUT2D eigenvalue weighted by molar-refractivity contribution is 5.20. The van der Waals surface area contributed by atoms with E-state index in [0.717, 1.165) is 12.8 Å². The van der Waals surface area contributed by atoms with Gasteiger partial charge < -0.3 is 15.5 Å². The van der Waals surface area contributed by atoms with Crippen LogP contribution in [0, 0.1) is 5.41 Å². The van der Waals surface area contributed by atoms with E-state index in [1.165, 1.54) is 6.42 Å². The second-order valence-electron chi connectivity index (χ2n) is 4.95. The first kappa shape index (κ1) is 10.4. The topological polar surface area (TPSA) is 77.0 Å². The number of nitrogens with zero attached hydrogens (tertiary/aromatic N) is 2. The molecule has 15 heavy (non-hydrogen) atoms. The fourth-order valence-corrected chi connectivity index (χ4v) is 2.13. The molecule has 5 heteroatoms. The van der Waals surface area contributed by atoms with E-state index < -0.39 is 0 Å². The number of hydrogen-bond acceptors (Lipinski definition) is 5. The minimum Gasteiger partial charge on any atom is -0.407 e. The normalized spacial score (nSPS) is 24.3. The monoisotopic (exact) mass is 210 g/mol. The van der Waals surface area contributed by atoms with E-state index >= 15 is 0 Å². The van der Waals surface area contributed by atoms with Crippen LogP contribution in [-0.4, -0.2) is 16.2 Å². The van der Waals surface area contributed by atoms with Crippen LogP contribution in [0.1, 0.15) is 39.0 Å². The van der Waals surface area contributed by atoms with Gasteiger partial charge in [0, 0.05) is 6.04 Å². The van der Waals surface area contributed by atoms with Crippen LogP contribution in [0.4, 0.5) is 6.01 Å². The number of nitrogens with two attached hydrogens (primary N) is 1. The van der Waals surface area contributed by atoms with Gasteiger partial charge in [0.1, 0.15) is 0 Å². The molecule has 1 aliphatic carbocycles. The van der Waals surface area contributed by atoms with Gasteiger partial charge in [-0.1, -0.05) is 18.9 Å². The zero-order valence-electron chi connectivity index (χ0n) is 9.29. The molecule has 0 radical (unpaired) electrons. The van der Waals surface area contributed by atoms with Gasteiger partial charge in [0.2, 0.25) is 5.89 Å². The van der Waals surface area contributed by atoms with Gasteiger partial charge in [-0.2, -0.15) is 0 Å². The van der Waals surface area contributed by atoms with Crippen molar-refractivity contribution in [3.05, 3.63) is 5.89 Å². The first-order chi connectivity index (χ1) is 7.09. The maximum absolute atomic E-state index is 5.39. The molecule has 3 N–H and O–H groups in total. The van der Waals surface area contributed by atoms with Crippen LogP contribution in [0.5, 0.6) is 0 Å². The Hall–Kier alpha value is -1.10. The van der Waals surface area contributed by atoms with Crippen molar-refractivity contribution in [1.82, 2.24) is 10.2 Å². The first-order valence-electron chi connectivity index (χ1n) is 5.38. The van der Waals surface area contributed by atoms with Crippen molar-refractivity contribution >= 4 is 6.01 Å². The lowest BCUT2D eigenvalue weighted by atomic mass is 9.92. The zero-order chi connectivity index (χ0) is 10.9. The largest absolute Gasteiger partial charge is 0.407 e. The molecular formula is C10H18N4O. The Bertz CT molecular complexity index is 334. The molecule has 1 atom stereocenters. The molecule has 2 rings (SSSR count). The summed E-state index contributed by atoms with van der Waals surface area (Å²) in [4.78, 5) is 0. The van der Waals surface area contributed by atoms with Crippen molar-refractivity contribution in [2.75, 3.05) is 5.32 Å². The minimum atomic E-state index is 0.296. The standard InChI is InChI=1S/C10H18N4O/c1-10(2)4-3-7(5-10)12-9-14-13-8(6-11)15-9/h7H,3-6,11H2,1-2H3,(H,12,14). The number of nitrogens with one attached hydrogen (secondary N) is 1. The smallest absolute Gasteiger partial charge is 0.315 e. The molecule has 0 saturated heterocycles. The Labute approximate surface area is 89.4 Å². The van der Waals surface area contributed by atoms with Gasteiger partial charge in [-0.3, -0.25) is 0 Å². The molecule has 1 saturated carbocycles. The molecule has 0 aliphatic heterocycles. The van der Waals surface area contributed by atoms with Crippen molar-refractivity contribution < 1.29 is 4.42 Å². The maximum Gasteiger partial charge on any atom is 0.315 e. The third kappa shape index (κ3) is 2.47.